The fourth-order valence-electron chi connectivity index (χ4n) is 7.47. The summed E-state index contributed by atoms with van der Waals surface area (Å²) in [5, 5.41) is 11.8. The van der Waals surface area contributed by atoms with Gasteiger partial charge in [0.15, 0.2) is 0 Å². The van der Waals surface area contributed by atoms with Crippen molar-refractivity contribution in [3.8, 4) is 11.1 Å². The van der Waals surface area contributed by atoms with Gasteiger partial charge in [0, 0.05) is 32.9 Å². The second-order valence-corrected chi connectivity index (χ2v) is 12.6. The fourth-order valence-corrected chi connectivity index (χ4v) is 7.47. The van der Waals surface area contributed by atoms with Crippen LogP contribution in [0.15, 0.2) is 180 Å². The number of hydrogen-bond donors (Lipinski definition) is 0. The first-order chi connectivity index (χ1) is 23.8. The molecule has 0 atom stereocenters. The molecular weight excluding hydrogens is 583 g/mol. The Bertz CT molecular complexity index is 2780. The summed E-state index contributed by atoms with van der Waals surface area (Å²) in [7, 11) is 0. The lowest BCUT2D eigenvalue weighted by Crippen LogP contribution is -2.10. The Morgan fingerprint density at radius 1 is 0.375 bits per heavy atom. The lowest BCUT2D eigenvalue weighted by Gasteiger charge is -2.28. The van der Waals surface area contributed by atoms with Crippen LogP contribution >= 0.6 is 0 Å². The van der Waals surface area contributed by atoms with Crippen molar-refractivity contribution in [2.24, 2.45) is 0 Å². The Morgan fingerprint density at radius 2 is 0.917 bits per heavy atom. The number of benzene rings is 9. The van der Waals surface area contributed by atoms with Crippen LogP contribution in [0.2, 0.25) is 0 Å². The van der Waals surface area contributed by atoms with E-state index in [0.717, 1.165) is 49.8 Å². The maximum absolute atomic E-state index is 6.76. The van der Waals surface area contributed by atoms with Crippen LogP contribution in [0.3, 0.4) is 0 Å². The monoisotopic (exact) mass is 611 g/mol. The lowest BCUT2D eigenvalue weighted by atomic mass is 9.95. The van der Waals surface area contributed by atoms with Crippen LogP contribution in [0, 0.1) is 0 Å². The molecule has 2 heteroatoms. The van der Waals surface area contributed by atoms with Gasteiger partial charge in [-0.05, 0) is 85.9 Å². The van der Waals surface area contributed by atoms with Gasteiger partial charge in [-0.1, -0.05) is 133 Å². The predicted octanol–water partition coefficient (Wildman–Crippen LogP) is 13.3. The Balaban J connectivity index is 1.30. The van der Waals surface area contributed by atoms with Gasteiger partial charge in [0.05, 0.1) is 5.69 Å². The van der Waals surface area contributed by atoms with E-state index in [-0.39, 0.29) is 0 Å². The highest BCUT2D eigenvalue weighted by Crippen LogP contribution is 2.47. The van der Waals surface area contributed by atoms with Crippen molar-refractivity contribution in [2.75, 3.05) is 4.90 Å². The molecule has 0 unspecified atom stereocenters. The van der Waals surface area contributed by atoms with E-state index in [1.54, 1.807) is 0 Å². The molecule has 224 valence electrons. The van der Waals surface area contributed by atoms with E-state index in [1.807, 2.05) is 0 Å². The molecule has 0 aliphatic rings. The Labute approximate surface area is 277 Å². The molecule has 0 amide bonds. The van der Waals surface area contributed by atoms with Crippen molar-refractivity contribution in [2.45, 2.75) is 0 Å². The number of furan rings is 1. The molecule has 0 fully saturated rings. The molecule has 0 saturated heterocycles. The first-order valence-electron chi connectivity index (χ1n) is 16.4. The topological polar surface area (TPSA) is 16.4 Å². The molecule has 0 aliphatic carbocycles. The van der Waals surface area contributed by atoms with Gasteiger partial charge in [0.2, 0.25) is 0 Å². The van der Waals surface area contributed by atoms with Crippen LogP contribution < -0.4 is 4.90 Å². The summed E-state index contributed by atoms with van der Waals surface area (Å²) in [6, 6.07) is 63.4. The van der Waals surface area contributed by atoms with Crippen molar-refractivity contribution in [1.82, 2.24) is 0 Å². The molecule has 0 saturated carbocycles. The summed E-state index contributed by atoms with van der Waals surface area (Å²) in [5.41, 5.74) is 7.47. The molecule has 0 bridgehead atoms. The van der Waals surface area contributed by atoms with E-state index < -0.39 is 0 Å². The van der Waals surface area contributed by atoms with Crippen LogP contribution in [-0.4, -0.2) is 0 Å². The third-order valence-corrected chi connectivity index (χ3v) is 9.76. The van der Waals surface area contributed by atoms with E-state index in [2.05, 4.69) is 181 Å². The largest absolute Gasteiger partial charge is 0.455 e. The van der Waals surface area contributed by atoms with Crippen molar-refractivity contribution in [3.05, 3.63) is 176 Å². The van der Waals surface area contributed by atoms with E-state index in [1.165, 1.54) is 43.4 Å². The van der Waals surface area contributed by atoms with Gasteiger partial charge in [-0.3, -0.25) is 0 Å². The van der Waals surface area contributed by atoms with Gasteiger partial charge in [-0.25, -0.2) is 0 Å². The maximum Gasteiger partial charge on any atom is 0.143 e. The highest BCUT2D eigenvalue weighted by Gasteiger charge is 2.22. The van der Waals surface area contributed by atoms with Crippen LogP contribution in [0.5, 0.6) is 0 Å². The van der Waals surface area contributed by atoms with E-state index in [0.29, 0.717) is 0 Å². The third-order valence-electron chi connectivity index (χ3n) is 9.76. The molecule has 0 spiro atoms. The summed E-state index contributed by atoms with van der Waals surface area (Å²) >= 11 is 0. The quantitative estimate of drug-likeness (QED) is 0.197. The summed E-state index contributed by atoms with van der Waals surface area (Å²) in [4.78, 5) is 2.41. The van der Waals surface area contributed by atoms with Gasteiger partial charge in [0.1, 0.15) is 11.2 Å². The second-order valence-electron chi connectivity index (χ2n) is 12.6. The summed E-state index contributed by atoms with van der Waals surface area (Å²) < 4.78 is 6.76. The first kappa shape index (κ1) is 26.8. The van der Waals surface area contributed by atoms with Crippen LogP contribution in [0.4, 0.5) is 17.1 Å². The number of hydrogen-bond acceptors (Lipinski definition) is 2. The minimum absolute atomic E-state index is 0.890. The average Bonchev–Trinajstić information content (AvgIpc) is 3.54. The molecule has 10 aromatic rings. The zero-order valence-electron chi connectivity index (χ0n) is 26.1. The summed E-state index contributed by atoms with van der Waals surface area (Å²) in [6.07, 6.45) is 0. The smallest absolute Gasteiger partial charge is 0.143 e. The van der Waals surface area contributed by atoms with Crippen molar-refractivity contribution >= 4 is 82.1 Å². The molecule has 0 aliphatic heterocycles. The molecule has 48 heavy (non-hydrogen) atoms. The van der Waals surface area contributed by atoms with Gasteiger partial charge in [-0.15, -0.1) is 0 Å². The van der Waals surface area contributed by atoms with Gasteiger partial charge >= 0.3 is 0 Å². The minimum atomic E-state index is 0.890. The highest BCUT2D eigenvalue weighted by molar-refractivity contribution is 6.22. The zero-order chi connectivity index (χ0) is 31.6. The second kappa shape index (κ2) is 10.6. The minimum Gasteiger partial charge on any atom is -0.455 e. The SMILES string of the molecule is c1ccc2cc(-c3cccc4oc5c6ccccc6c(N(c6ccc7ccccc7c6)c6ccc7ccccc7c6)cc5c34)ccc2c1. The van der Waals surface area contributed by atoms with E-state index in [9.17, 15) is 0 Å². The molecule has 10 rings (SSSR count). The van der Waals surface area contributed by atoms with E-state index in [4.69, 9.17) is 4.42 Å². The normalized spacial score (nSPS) is 11.8. The van der Waals surface area contributed by atoms with Crippen molar-refractivity contribution < 1.29 is 4.42 Å². The van der Waals surface area contributed by atoms with Crippen LogP contribution in [0.1, 0.15) is 0 Å². The predicted molar refractivity (Wildman–Crippen MR) is 204 cm³/mol. The molecule has 1 aromatic heterocycles. The van der Waals surface area contributed by atoms with Crippen LogP contribution in [0.25, 0.3) is 76.2 Å². The third kappa shape index (κ3) is 4.20. The first-order valence-corrected chi connectivity index (χ1v) is 16.4. The van der Waals surface area contributed by atoms with Gasteiger partial charge < -0.3 is 9.32 Å². The molecule has 9 aromatic carbocycles. The van der Waals surface area contributed by atoms with E-state index >= 15 is 0 Å². The van der Waals surface area contributed by atoms with Gasteiger partial charge in [-0.2, -0.15) is 0 Å². The Morgan fingerprint density at radius 3 is 1.56 bits per heavy atom. The molecule has 0 N–H and O–H groups in total. The summed E-state index contributed by atoms with van der Waals surface area (Å²) in [6.45, 7) is 0. The standard InChI is InChI=1S/C46H29NO/c1-4-13-33-26-36(21-20-30(33)10-1)39-18-9-19-44-45(39)42-29-43(40-16-7-8-17-41(40)46(42)48-44)47(37-24-22-31-11-2-5-14-34(31)27-37)38-25-23-32-12-3-6-15-35(32)28-38/h1-29H. The number of rotatable bonds is 4. The molecule has 1 heterocycles. The fraction of sp³-hybridized carbons (Fsp3) is 0. The molecule has 2 nitrogen and oxygen atoms in total. The van der Waals surface area contributed by atoms with Crippen molar-refractivity contribution in [3.63, 3.8) is 0 Å². The van der Waals surface area contributed by atoms with Crippen molar-refractivity contribution in [1.29, 1.82) is 0 Å². The average molecular weight is 612 g/mol. The maximum atomic E-state index is 6.76. The number of nitrogens with zero attached hydrogens (tertiary/aromatic N) is 1. The molecular formula is C46H29NO. The van der Waals surface area contributed by atoms with Crippen LogP contribution in [-0.2, 0) is 0 Å². The molecule has 0 radical (unpaired) electrons. The zero-order valence-corrected chi connectivity index (χ0v) is 26.1. The summed E-state index contributed by atoms with van der Waals surface area (Å²) in [5.74, 6) is 0. The Hall–Kier alpha value is -6.38. The lowest BCUT2D eigenvalue weighted by molar-refractivity contribution is 0.673. The Kier molecular flexibility index (Phi) is 5.91. The number of fused-ring (bicyclic) bond motifs is 8. The number of anilines is 3. The highest BCUT2D eigenvalue weighted by atomic mass is 16.3. The van der Waals surface area contributed by atoms with Gasteiger partial charge in [0.25, 0.3) is 0 Å².